The van der Waals surface area contributed by atoms with Crippen LogP contribution in [0.25, 0.3) is 0 Å². The average Bonchev–Trinajstić information content (AvgIpc) is 2.37. The van der Waals surface area contributed by atoms with E-state index in [9.17, 15) is 9.90 Å². The van der Waals surface area contributed by atoms with Gasteiger partial charge in [0.1, 0.15) is 0 Å². The highest BCUT2D eigenvalue weighted by molar-refractivity contribution is 6.30. The minimum absolute atomic E-state index is 0.547. The second-order valence-corrected chi connectivity index (χ2v) is 4.75. The van der Waals surface area contributed by atoms with Crippen LogP contribution in [0.1, 0.15) is 17.2 Å². The molecule has 0 heterocycles. The molecule has 2 aromatic carbocycles. The summed E-state index contributed by atoms with van der Waals surface area (Å²) in [7, 11) is 0. The lowest BCUT2D eigenvalue weighted by Gasteiger charge is -2.21. The third kappa shape index (κ3) is 3.48. The fourth-order valence-corrected chi connectivity index (χ4v) is 1.97. The van der Waals surface area contributed by atoms with Gasteiger partial charge in [0.15, 0.2) is 0 Å². The van der Waals surface area contributed by atoms with Crippen molar-refractivity contribution in [1.82, 2.24) is 0 Å². The number of carboxylic acid groups (broad SMARTS) is 1. The summed E-state index contributed by atoms with van der Waals surface area (Å²) in [5.41, 5.74) is 2.36. The maximum absolute atomic E-state index is 11.3. The first-order chi connectivity index (χ1) is 9.06. The number of aryl methyl sites for hydroxylation is 1. The molecule has 0 aliphatic heterocycles. The summed E-state index contributed by atoms with van der Waals surface area (Å²) in [5, 5.41) is 14.7. The van der Waals surface area contributed by atoms with E-state index in [0.29, 0.717) is 16.3 Å². The van der Waals surface area contributed by atoms with Gasteiger partial charge in [0.05, 0.1) is 12.0 Å². The van der Waals surface area contributed by atoms with Gasteiger partial charge in [0.25, 0.3) is 0 Å². The molecule has 1 atom stereocenters. The van der Waals surface area contributed by atoms with E-state index in [-0.39, 0.29) is 0 Å². The van der Waals surface area contributed by atoms with Crippen LogP contribution in [0.15, 0.2) is 48.5 Å². The zero-order chi connectivity index (χ0) is 13.8. The van der Waals surface area contributed by atoms with Crippen LogP contribution in [0.5, 0.6) is 0 Å². The lowest BCUT2D eigenvalue weighted by atomic mass is 10.0. The molecular weight excluding hydrogens is 262 g/mol. The molecule has 2 rings (SSSR count). The number of carbonyl (C=O) groups is 1. The fraction of sp³-hybridized carbons (Fsp3) is 0.133. The van der Waals surface area contributed by atoms with Gasteiger partial charge >= 0.3 is 0 Å². The Kier molecular flexibility index (Phi) is 4.07. The number of carboxylic acids is 1. The summed E-state index contributed by atoms with van der Waals surface area (Å²) in [4.78, 5) is 11.3. The average molecular weight is 275 g/mol. The SMILES string of the molecule is Cc1ccc([C@@H](Nc2cccc(Cl)c2)C(=O)[O-])cc1. The molecule has 19 heavy (non-hydrogen) atoms. The van der Waals surface area contributed by atoms with Crippen LogP contribution in [0.4, 0.5) is 5.69 Å². The third-order valence-corrected chi connectivity index (χ3v) is 3.02. The number of benzene rings is 2. The summed E-state index contributed by atoms with van der Waals surface area (Å²) >= 11 is 5.87. The molecule has 0 radical (unpaired) electrons. The Bertz CT molecular complexity index is 581. The first-order valence-electron chi connectivity index (χ1n) is 5.86. The second kappa shape index (κ2) is 5.76. The van der Waals surface area contributed by atoms with Gasteiger partial charge < -0.3 is 15.2 Å². The minimum atomic E-state index is -1.18. The summed E-state index contributed by atoms with van der Waals surface area (Å²) in [6, 6.07) is 13.3. The van der Waals surface area contributed by atoms with Crippen LogP contribution in [0, 0.1) is 6.92 Å². The highest BCUT2D eigenvalue weighted by atomic mass is 35.5. The van der Waals surface area contributed by atoms with Gasteiger partial charge in [0.2, 0.25) is 0 Å². The number of halogens is 1. The third-order valence-electron chi connectivity index (χ3n) is 2.78. The molecule has 0 aliphatic rings. The van der Waals surface area contributed by atoms with Crippen molar-refractivity contribution in [3.05, 3.63) is 64.7 Å². The van der Waals surface area contributed by atoms with Crippen molar-refractivity contribution < 1.29 is 9.90 Å². The van der Waals surface area contributed by atoms with Crippen LogP contribution in [0.2, 0.25) is 5.02 Å². The van der Waals surface area contributed by atoms with Crippen molar-refractivity contribution in [3.8, 4) is 0 Å². The molecule has 0 bridgehead atoms. The summed E-state index contributed by atoms with van der Waals surface area (Å²) < 4.78 is 0. The molecule has 4 heteroatoms. The Morgan fingerprint density at radius 2 is 1.89 bits per heavy atom. The Hall–Kier alpha value is -2.00. The topological polar surface area (TPSA) is 52.2 Å². The van der Waals surface area contributed by atoms with Gasteiger partial charge in [-0.25, -0.2) is 0 Å². The standard InChI is InChI=1S/C15H14ClNO2/c1-10-5-7-11(8-6-10)14(15(18)19)17-13-4-2-3-12(16)9-13/h2-9,14,17H,1H3,(H,18,19)/p-1/t14-/m1/s1. The molecule has 1 N–H and O–H groups in total. The van der Waals surface area contributed by atoms with Gasteiger partial charge in [-0.1, -0.05) is 47.5 Å². The molecule has 0 spiro atoms. The van der Waals surface area contributed by atoms with E-state index in [1.165, 1.54) is 0 Å². The lowest BCUT2D eigenvalue weighted by molar-refractivity contribution is -0.307. The van der Waals surface area contributed by atoms with E-state index in [1.807, 2.05) is 19.1 Å². The molecule has 0 unspecified atom stereocenters. The van der Waals surface area contributed by atoms with Crippen molar-refractivity contribution in [3.63, 3.8) is 0 Å². The Morgan fingerprint density at radius 3 is 2.47 bits per heavy atom. The van der Waals surface area contributed by atoms with E-state index < -0.39 is 12.0 Å². The largest absolute Gasteiger partial charge is 0.548 e. The van der Waals surface area contributed by atoms with E-state index in [0.717, 1.165) is 5.56 Å². The number of anilines is 1. The number of rotatable bonds is 4. The van der Waals surface area contributed by atoms with Crippen molar-refractivity contribution in [2.75, 3.05) is 5.32 Å². The van der Waals surface area contributed by atoms with Crippen molar-refractivity contribution in [2.24, 2.45) is 0 Å². The van der Waals surface area contributed by atoms with E-state index in [1.54, 1.807) is 36.4 Å². The number of nitrogens with one attached hydrogen (secondary N) is 1. The molecule has 0 aromatic heterocycles. The monoisotopic (exact) mass is 274 g/mol. The van der Waals surface area contributed by atoms with Gasteiger partial charge in [-0.05, 0) is 30.7 Å². The number of aliphatic carboxylic acids is 1. The number of hydrogen-bond acceptors (Lipinski definition) is 3. The zero-order valence-electron chi connectivity index (χ0n) is 10.4. The molecule has 98 valence electrons. The van der Waals surface area contributed by atoms with E-state index in [2.05, 4.69) is 5.32 Å². The Morgan fingerprint density at radius 1 is 1.21 bits per heavy atom. The molecule has 0 aliphatic carbocycles. The normalized spacial score (nSPS) is 11.9. The summed E-state index contributed by atoms with van der Waals surface area (Å²) in [6.07, 6.45) is 0. The number of carbonyl (C=O) groups excluding carboxylic acids is 1. The summed E-state index contributed by atoms with van der Waals surface area (Å²) in [5.74, 6) is -1.18. The molecular formula is C15H13ClNO2-. The van der Waals surface area contributed by atoms with E-state index >= 15 is 0 Å². The lowest BCUT2D eigenvalue weighted by Crippen LogP contribution is -2.34. The quantitative estimate of drug-likeness (QED) is 0.932. The van der Waals surface area contributed by atoms with Crippen LogP contribution in [-0.2, 0) is 4.79 Å². The first kappa shape index (κ1) is 13.4. The van der Waals surface area contributed by atoms with Crippen molar-refractivity contribution in [2.45, 2.75) is 13.0 Å². The highest BCUT2D eigenvalue weighted by Crippen LogP contribution is 2.22. The summed E-state index contributed by atoms with van der Waals surface area (Å²) in [6.45, 7) is 1.95. The van der Waals surface area contributed by atoms with Crippen LogP contribution >= 0.6 is 11.6 Å². The Balaban J connectivity index is 2.26. The molecule has 0 saturated heterocycles. The second-order valence-electron chi connectivity index (χ2n) is 4.32. The minimum Gasteiger partial charge on any atom is -0.548 e. The van der Waals surface area contributed by atoms with Crippen molar-refractivity contribution >= 4 is 23.3 Å². The van der Waals surface area contributed by atoms with Gasteiger partial charge in [0, 0.05) is 10.7 Å². The van der Waals surface area contributed by atoms with Gasteiger partial charge in [-0.15, -0.1) is 0 Å². The highest BCUT2D eigenvalue weighted by Gasteiger charge is 2.12. The van der Waals surface area contributed by atoms with Crippen molar-refractivity contribution in [1.29, 1.82) is 0 Å². The maximum atomic E-state index is 11.3. The smallest absolute Gasteiger partial charge is 0.0912 e. The fourth-order valence-electron chi connectivity index (χ4n) is 1.78. The maximum Gasteiger partial charge on any atom is 0.0912 e. The molecule has 2 aromatic rings. The molecule has 0 saturated carbocycles. The van der Waals surface area contributed by atoms with Crippen LogP contribution < -0.4 is 10.4 Å². The van der Waals surface area contributed by atoms with Gasteiger partial charge in [-0.3, -0.25) is 0 Å². The zero-order valence-corrected chi connectivity index (χ0v) is 11.1. The molecule has 0 fully saturated rings. The van der Waals surface area contributed by atoms with Crippen LogP contribution in [-0.4, -0.2) is 5.97 Å². The Labute approximate surface area is 116 Å². The molecule has 0 amide bonds. The van der Waals surface area contributed by atoms with Gasteiger partial charge in [-0.2, -0.15) is 0 Å². The first-order valence-corrected chi connectivity index (χ1v) is 6.23. The predicted octanol–water partition coefficient (Wildman–Crippen LogP) is 2.55. The van der Waals surface area contributed by atoms with E-state index in [4.69, 9.17) is 11.6 Å². The number of hydrogen-bond donors (Lipinski definition) is 1. The van der Waals surface area contributed by atoms with Crippen LogP contribution in [0.3, 0.4) is 0 Å². The molecule has 3 nitrogen and oxygen atoms in total. The predicted molar refractivity (Wildman–Crippen MR) is 74.0 cm³/mol.